The summed E-state index contributed by atoms with van der Waals surface area (Å²) in [5.74, 6) is 0. The molecule has 78 valence electrons. The molecule has 3 unspecified atom stereocenters. The molecule has 1 aliphatic heterocycles. The minimum absolute atomic E-state index is 0.144. The lowest BCUT2D eigenvalue weighted by molar-refractivity contribution is -0.0862. The van der Waals surface area contributed by atoms with E-state index in [1.807, 2.05) is 27.7 Å². The Morgan fingerprint density at radius 1 is 1.46 bits per heavy atom. The fraction of sp³-hybridized carbons (Fsp3) is 1.00. The number of aliphatic hydroxyl groups excluding tert-OH is 1. The third-order valence-electron chi connectivity index (χ3n) is 2.09. The van der Waals surface area contributed by atoms with Gasteiger partial charge in [-0.2, -0.15) is 0 Å². The van der Waals surface area contributed by atoms with E-state index in [9.17, 15) is 5.11 Å². The van der Waals surface area contributed by atoms with Crippen molar-refractivity contribution >= 4 is 0 Å². The van der Waals surface area contributed by atoms with Crippen LogP contribution in [0.3, 0.4) is 0 Å². The molecule has 0 aliphatic carbocycles. The van der Waals surface area contributed by atoms with E-state index in [2.05, 4.69) is 0 Å². The van der Waals surface area contributed by atoms with Gasteiger partial charge in [0.05, 0.1) is 24.4 Å². The SMILES string of the molecule is CC1CC(O)C(COC(C)(C)C)O1. The van der Waals surface area contributed by atoms with Gasteiger partial charge in [0.15, 0.2) is 0 Å². The van der Waals surface area contributed by atoms with Gasteiger partial charge in [0.25, 0.3) is 0 Å². The minimum atomic E-state index is -0.364. The lowest BCUT2D eigenvalue weighted by atomic mass is 10.1. The molecule has 0 spiro atoms. The summed E-state index contributed by atoms with van der Waals surface area (Å²) in [7, 11) is 0. The summed E-state index contributed by atoms with van der Waals surface area (Å²) in [5, 5.41) is 9.55. The zero-order valence-corrected chi connectivity index (χ0v) is 8.91. The smallest absolute Gasteiger partial charge is 0.107 e. The van der Waals surface area contributed by atoms with Crippen molar-refractivity contribution in [3.05, 3.63) is 0 Å². The van der Waals surface area contributed by atoms with Crippen LogP contribution in [-0.4, -0.2) is 35.6 Å². The zero-order chi connectivity index (χ0) is 10.1. The second kappa shape index (κ2) is 3.95. The van der Waals surface area contributed by atoms with Crippen LogP contribution < -0.4 is 0 Å². The Labute approximate surface area is 80.0 Å². The van der Waals surface area contributed by atoms with Crippen LogP contribution in [0.4, 0.5) is 0 Å². The molecule has 1 N–H and O–H groups in total. The summed E-state index contributed by atoms with van der Waals surface area (Å²) in [6, 6.07) is 0. The second-order valence-electron chi connectivity index (χ2n) is 4.71. The maximum Gasteiger partial charge on any atom is 0.107 e. The van der Waals surface area contributed by atoms with Gasteiger partial charge in [0.2, 0.25) is 0 Å². The van der Waals surface area contributed by atoms with Gasteiger partial charge in [0.1, 0.15) is 6.10 Å². The second-order valence-corrected chi connectivity index (χ2v) is 4.71. The van der Waals surface area contributed by atoms with Gasteiger partial charge in [-0.05, 0) is 27.7 Å². The molecule has 1 aliphatic rings. The fourth-order valence-corrected chi connectivity index (χ4v) is 1.42. The molecule has 1 heterocycles. The van der Waals surface area contributed by atoms with Crippen LogP contribution in [0.25, 0.3) is 0 Å². The fourth-order valence-electron chi connectivity index (χ4n) is 1.42. The van der Waals surface area contributed by atoms with E-state index in [0.717, 1.165) is 6.42 Å². The first-order valence-electron chi connectivity index (χ1n) is 4.86. The quantitative estimate of drug-likeness (QED) is 0.710. The highest BCUT2D eigenvalue weighted by Crippen LogP contribution is 2.21. The third kappa shape index (κ3) is 3.63. The molecule has 1 rings (SSSR count). The lowest BCUT2D eigenvalue weighted by Gasteiger charge is -2.23. The van der Waals surface area contributed by atoms with Gasteiger partial charge in [-0.3, -0.25) is 0 Å². The molecular formula is C10H20O3. The Morgan fingerprint density at radius 2 is 2.08 bits per heavy atom. The normalized spacial score (nSPS) is 35.3. The molecule has 13 heavy (non-hydrogen) atoms. The first kappa shape index (κ1) is 11.0. The van der Waals surface area contributed by atoms with Crippen molar-refractivity contribution in [3.8, 4) is 0 Å². The highest BCUT2D eigenvalue weighted by atomic mass is 16.6. The highest BCUT2D eigenvalue weighted by Gasteiger charge is 2.32. The average molecular weight is 188 g/mol. The maximum atomic E-state index is 9.55. The summed E-state index contributed by atoms with van der Waals surface area (Å²) < 4.78 is 11.0. The highest BCUT2D eigenvalue weighted by molar-refractivity contribution is 4.80. The monoisotopic (exact) mass is 188 g/mol. The molecular weight excluding hydrogens is 168 g/mol. The van der Waals surface area contributed by atoms with Gasteiger partial charge in [0, 0.05) is 6.42 Å². The molecule has 3 nitrogen and oxygen atoms in total. The van der Waals surface area contributed by atoms with Crippen LogP contribution in [0, 0.1) is 0 Å². The molecule has 0 aromatic carbocycles. The van der Waals surface area contributed by atoms with Crippen molar-refractivity contribution in [1.82, 2.24) is 0 Å². The third-order valence-corrected chi connectivity index (χ3v) is 2.09. The van der Waals surface area contributed by atoms with E-state index in [1.54, 1.807) is 0 Å². The van der Waals surface area contributed by atoms with Crippen molar-refractivity contribution < 1.29 is 14.6 Å². The van der Waals surface area contributed by atoms with Gasteiger partial charge < -0.3 is 14.6 Å². The van der Waals surface area contributed by atoms with Crippen LogP contribution in [0.15, 0.2) is 0 Å². The van der Waals surface area contributed by atoms with Gasteiger partial charge in [-0.15, -0.1) is 0 Å². The average Bonchev–Trinajstić information content (AvgIpc) is 2.24. The summed E-state index contributed by atoms with van der Waals surface area (Å²) >= 11 is 0. The zero-order valence-electron chi connectivity index (χ0n) is 8.91. The van der Waals surface area contributed by atoms with E-state index in [0.29, 0.717) is 6.61 Å². The van der Waals surface area contributed by atoms with Crippen LogP contribution in [-0.2, 0) is 9.47 Å². The molecule has 0 saturated carbocycles. The van der Waals surface area contributed by atoms with Gasteiger partial charge >= 0.3 is 0 Å². The number of hydrogen-bond acceptors (Lipinski definition) is 3. The van der Waals surface area contributed by atoms with Gasteiger partial charge in [-0.1, -0.05) is 0 Å². The molecule has 1 fully saturated rings. The standard InChI is InChI=1S/C10H20O3/c1-7-5-8(11)9(13-7)6-12-10(2,3)4/h7-9,11H,5-6H2,1-4H3. The predicted molar refractivity (Wildman–Crippen MR) is 50.7 cm³/mol. The van der Waals surface area contributed by atoms with E-state index < -0.39 is 0 Å². The maximum absolute atomic E-state index is 9.55. The largest absolute Gasteiger partial charge is 0.390 e. The van der Waals surface area contributed by atoms with Crippen LogP contribution >= 0.6 is 0 Å². The molecule has 3 heteroatoms. The lowest BCUT2D eigenvalue weighted by Crippen LogP contribution is -2.31. The Balaban J connectivity index is 2.30. The summed E-state index contributed by atoms with van der Waals surface area (Å²) in [5.41, 5.74) is -0.158. The summed E-state index contributed by atoms with van der Waals surface area (Å²) in [4.78, 5) is 0. The summed E-state index contributed by atoms with van der Waals surface area (Å²) in [6.07, 6.45) is 0.369. The van der Waals surface area contributed by atoms with Crippen LogP contribution in [0.1, 0.15) is 34.1 Å². The topological polar surface area (TPSA) is 38.7 Å². The molecule has 3 atom stereocenters. The van der Waals surface area contributed by atoms with Crippen molar-refractivity contribution in [2.45, 2.75) is 58.0 Å². The van der Waals surface area contributed by atoms with E-state index >= 15 is 0 Å². The van der Waals surface area contributed by atoms with E-state index in [1.165, 1.54) is 0 Å². The Kier molecular flexibility index (Phi) is 3.33. The molecule has 1 saturated heterocycles. The molecule has 0 bridgehead atoms. The van der Waals surface area contributed by atoms with E-state index in [-0.39, 0.29) is 23.9 Å². The van der Waals surface area contributed by atoms with Crippen LogP contribution in [0.5, 0.6) is 0 Å². The first-order valence-corrected chi connectivity index (χ1v) is 4.86. The molecule has 0 radical (unpaired) electrons. The molecule has 0 aromatic rings. The van der Waals surface area contributed by atoms with Crippen molar-refractivity contribution in [1.29, 1.82) is 0 Å². The molecule has 0 amide bonds. The van der Waals surface area contributed by atoms with Gasteiger partial charge in [-0.25, -0.2) is 0 Å². The summed E-state index contributed by atoms with van der Waals surface area (Å²) in [6.45, 7) is 8.45. The van der Waals surface area contributed by atoms with E-state index in [4.69, 9.17) is 9.47 Å². The minimum Gasteiger partial charge on any atom is -0.390 e. The number of ether oxygens (including phenoxy) is 2. The van der Waals surface area contributed by atoms with Crippen LogP contribution in [0.2, 0.25) is 0 Å². The first-order chi connectivity index (χ1) is 5.88. The predicted octanol–water partition coefficient (Wildman–Crippen LogP) is 1.34. The Morgan fingerprint density at radius 3 is 2.46 bits per heavy atom. The number of rotatable bonds is 2. The Hall–Kier alpha value is -0.120. The Bertz CT molecular complexity index is 162. The molecule has 0 aromatic heterocycles. The van der Waals surface area contributed by atoms with Crippen molar-refractivity contribution in [3.63, 3.8) is 0 Å². The van der Waals surface area contributed by atoms with Crippen molar-refractivity contribution in [2.24, 2.45) is 0 Å². The number of hydrogen-bond donors (Lipinski definition) is 1. The number of aliphatic hydroxyl groups is 1. The van der Waals surface area contributed by atoms with Crippen molar-refractivity contribution in [2.75, 3.05) is 6.61 Å².